The molecule has 0 bridgehead atoms. The largest absolute Gasteiger partial charge is 0.469 e. The molecule has 0 spiro atoms. The van der Waals surface area contributed by atoms with E-state index in [2.05, 4.69) is 15.0 Å². The van der Waals surface area contributed by atoms with E-state index in [-0.39, 0.29) is 12.6 Å². The van der Waals surface area contributed by atoms with Crippen molar-refractivity contribution >= 4 is 23.9 Å². The molecule has 0 saturated carbocycles. The van der Waals surface area contributed by atoms with Crippen LogP contribution in [0.1, 0.15) is 0 Å². The van der Waals surface area contributed by atoms with Gasteiger partial charge in [-0.15, -0.1) is 0 Å². The van der Waals surface area contributed by atoms with E-state index in [1.807, 2.05) is 0 Å². The minimum atomic E-state index is -0.472. The maximum absolute atomic E-state index is 11.6. The van der Waals surface area contributed by atoms with E-state index in [0.717, 1.165) is 0 Å². The molecule has 3 rings (SSSR count). The van der Waals surface area contributed by atoms with Crippen LogP contribution in [0.4, 0.5) is 16.4 Å². The molecule has 8 heteroatoms. The molecule has 94 valence electrons. The third kappa shape index (κ3) is 1.76. The van der Waals surface area contributed by atoms with Crippen LogP contribution in [0.5, 0.6) is 5.88 Å². The minimum absolute atomic E-state index is 0.280. The number of fused-ring (bicyclic) bond motifs is 1. The number of rotatable bonds is 2. The lowest BCUT2D eigenvalue weighted by atomic mass is 10.3. The van der Waals surface area contributed by atoms with Crippen LogP contribution in [0.3, 0.4) is 0 Å². The Labute approximate surface area is 102 Å². The summed E-state index contributed by atoms with van der Waals surface area (Å²) in [5, 5.41) is 0. The van der Waals surface area contributed by atoms with Gasteiger partial charge in [0.25, 0.3) is 5.88 Å². The summed E-state index contributed by atoms with van der Waals surface area (Å²) in [5.41, 5.74) is 5.46. The number of aliphatic imine (C=N–C) groups is 1. The van der Waals surface area contributed by atoms with E-state index in [4.69, 9.17) is 15.2 Å². The first kappa shape index (κ1) is 10.9. The van der Waals surface area contributed by atoms with Crippen molar-refractivity contribution in [3.05, 3.63) is 6.20 Å². The summed E-state index contributed by atoms with van der Waals surface area (Å²) < 4.78 is 10.3. The molecule has 0 aromatic carbocycles. The quantitative estimate of drug-likeness (QED) is 0.782. The van der Waals surface area contributed by atoms with Crippen LogP contribution in [0.2, 0.25) is 0 Å². The zero-order valence-corrected chi connectivity index (χ0v) is 9.44. The molecule has 0 aliphatic carbocycles. The maximum atomic E-state index is 11.6. The van der Waals surface area contributed by atoms with Gasteiger partial charge >= 0.3 is 6.09 Å². The molecule has 1 fully saturated rings. The summed E-state index contributed by atoms with van der Waals surface area (Å²) in [6, 6.07) is 0. The highest BCUT2D eigenvalue weighted by Crippen LogP contribution is 2.28. The van der Waals surface area contributed by atoms with Crippen molar-refractivity contribution in [2.75, 3.05) is 24.6 Å². The molecule has 0 unspecified atom stereocenters. The molecular weight excluding hydrogens is 238 g/mol. The Bertz CT molecular complexity index is 518. The summed E-state index contributed by atoms with van der Waals surface area (Å²) in [4.78, 5) is 25.4. The Morgan fingerprint density at radius 1 is 1.56 bits per heavy atom. The average Bonchev–Trinajstić information content (AvgIpc) is 2.79. The molecule has 1 atom stereocenters. The van der Waals surface area contributed by atoms with Gasteiger partial charge in [-0.05, 0) is 0 Å². The SMILES string of the molecule is NC[C@@H]1CN(c2cnc3c(n2)N=CCO3)C(=O)O1. The molecule has 8 nitrogen and oxygen atoms in total. The number of amides is 1. The van der Waals surface area contributed by atoms with E-state index >= 15 is 0 Å². The Kier molecular flexibility index (Phi) is 2.56. The van der Waals surface area contributed by atoms with Crippen LogP contribution in [0, 0.1) is 0 Å². The van der Waals surface area contributed by atoms with Crippen molar-refractivity contribution in [2.24, 2.45) is 10.7 Å². The molecule has 2 aliphatic heterocycles. The van der Waals surface area contributed by atoms with Gasteiger partial charge in [-0.25, -0.2) is 19.8 Å². The third-order valence-electron chi connectivity index (χ3n) is 2.63. The predicted octanol–water partition coefficient (Wildman–Crippen LogP) is -0.145. The number of carbonyl (C=O) groups excluding carboxylic acids is 1. The molecule has 18 heavy (non-hydrogen) atoms. The van der Waals surface area contributed by atoms with E-state index in [0.29, 0.717) is 30.7 Å². The lowest BCUT2D eigenvalue weighted by molar-refractivity contribution is 0.145. The van der Waals surface area contributed by atoms with Gasteiger partial charge in [0.15, 0.2) is 5.82 Å². The van der Waals surface area contributed by atoms with Gasteiger partial charge in [0, 0.05) is 12.8 Å². The van der Waals surface area contributed by atoms with Gasteiger partial charge in [0.2, 0.25) is 5.82 Å². The fraction of sp³-hybridized carbons (Fsp3) is 0.400. The number of ether oxygens (including phenoxy) is 2. The van der Waals surface area contributed by atoms with Crippen molar-refractivity contribution in [1.82, 2.24) is 9.97 Å². The van der Waals surface area contributed by atoms with Crippen LogP contribution in [-0.2, 0) is 4.74 Å². The predicted molar refractivity (Wildman–Crippen MR) is 62.3 cm³/mol. The van der Waals surface area contributed by atoms with Crippen molar-refractivity contribution in [1.29, 1.82) is 0 Å². The third-order valence-corrected chi connectivity index (χ3v) is 2.63. The van der Waals surface area contributed by atoms with Crippen molar-refractivity contribution in [3.63, 3.8) is 0 Å². The number of aromatic nitrogens is 2. The lowest BCUT2D eigenvalue weighted by Gasteiger charge is -2.14. The fourth-order valence-electron chi connectivity index (χ4n) is 1.75. The number of nitrogens with zero attached hydrogens (tertiary/aromatic N) is 4. The van der Waals surface area contributed by atoms with Crippen LogP contribution in [0.25, 0.3) is 0 Å². The molecule has 1 aromatic rings. The molecule has 1 saturated heterocycles. The lowest BCUT2D eigenvalue weighted by Crippen LogP contribution is -2.28. The average molecular weight is 249 g/mol. The topological polar surface area (TPSA) is 103 Å². The van der Waals surface area contributed by atoms with E-state index in [9.17, 15) is 4.79 Å². The van der Waals surface area contributed by atoms with Gasteiger partial charge in [-0.2, -0.15) is 0 Å². The highest BCUT2D eigenvalue weighted by Gasteiger charge is 2.33. The normalized spacial score (nSPS) is 21.5. The zero-order valence-electron chi connectivity index (χ0n) is 9.44. The summed E-state index contributed by atoms with van der Waals surface area (Å²) in [7, 11) is 0. The molecular formula is C10H11N5O3. The smallest absolute Gasteiger partial charge is 0.416 e. The summed E-state index contributed by atoms with van der Waals surface area (Å²) in [5.74, 6) is 1.12. The monoisotopic (exact) mass is 249 g/mol. The van der Waals surface area contributed by atoms with Gasteiger partial charge < -0.3 is 15.2 Å². The Balaban J connectivity index is 1.89. The van der Waals surface area contributed by atoms with E-state index < -0.39 is 6.09 Å². The van der Waals surface area contributed by atoms with Crippen molar-refractivity contribution in [3.8, 4) is 5.88 Å². The van der Waals surface area contributed by atoms with Gasteiger partial charge in [-0.1, -0.05) is 0 Å². The second kappa shape index (κ2) is 4.22. The number of carbonyl (C=O) groups is 1. The van der Waals surface area contributed by atoms with Crippen LogP contribution in [0.15, 0.2) is 11.2 Å². The van der Waals surface area contributed by atoms with Crippen LogP contribution in [-0.4, -0.2) is 48.1 Å². The van der Waals surface area contributed by atoms with Crippen LogP contribution < -0.4 is 15.4 Å². The second-order valence-electron chi connectivity index (χ2n) is 3.83. The summed E-state index contributed by atoms with van der Waals surface area (Å²) in [6.07, 6.45) is 2.27. The van der Waals surface area contributed by atoms with Crippen LogP contribution >= 0.6 is 0 Å². The Morgan fingerprint density at radius 3 is 3.22 bits per heavy atom. The fourth-order valence-corrected chi connectivity index (χ4v) is 1.75. The summed E-state index contributed by atoms with van der Waals surface area (Å²) in [6.45, 7) is 1.03. The first-order valence-corrected chi connectivity index (χ1v) is 5.48. The number of nitrogens with two attached hydrogens (primary N) is 1. The molecule has 2 aliphatic rings. The van der Waals surface area contributed by atoms with Gasteiger partial charge in [0.05, 0.1) is 12.7 Å². The van der Waals surface area contributed by atoms with Gasteiger partial charge in [0.1, 0.15) is 12.7 Å². The zero-order chi connectivity index (χ0) is 12.5. The maximum Gasteiger partial charge on any atom is 0.416 e. The highest BCUT2D eigenvalue weighted by molar-refractivity contribution is 5.88. The van der Waals surface area contributed by atoms with Crippen molar-refractivity contribution in [2.45, 2.75) is 6.10 Å². The first-order valence-electron chi connectivity index (χ1n) is 5.48. The van der Waals surface area contributed by atoms with Crippen molar-refractivity contribution < 1.29 is 14.3 Å². The van der Waals surface area contributed by atoms with Gasteiger partial charge in [-0.3, -0.25) is 4.90 Å². The molecule has 3 heterocycles. The first-order chi connectivity index (χ1) is 8.78. The second-order valence-corrected chi connectivity index (χ2v) is 3.83. The van der Waals surface area contributed by atoms with E-state index in [1.165, 1.54) is 11.1 Å². The molecule has 1 amide bonds. The minimum Gasteiger partial charge on any atom is -0.469 e. The van der Waals surface area contributed by atoms with E-state index in [1.54, 1.807) is 6.21 Å². The number of anilines is 1. The molecule has 1 aromatic heterocycles. The number of hydrogen-bond donors (Lipinski definition) is 1. The number of hydrogen-bond acceptors (Lipinski definition) is 7. The Morgan fingerprint density at radius 2 is 2.44 bits per heavy atom. The molecule has 0 radical (unpaired) electrons. The summed E-state index contributed by atoms with van der Waals surface area (Å²) >= 11 is 0. The molecule has 2 N–H and O–H groups in total. The highest BCUT2D eigenvalue weighted by atomic mass is 16.6. The Hall–Kier alpha value is -2.22. The number of cyclic esters (lactones) is 1. The standard InChI is InChI=1S/C10H11N5O3/c11-3-6-5-15(10(16)18-6)7-4-13-9-8(14-7)12-1-2-17-9/h1,4,6H,2-3,5,11H2/t6-/m1/s1.